The van der Waals surface area contributed by atoms with Crippen LogP contribution in [0, 0.1) is 0 Å². The quantitative estimate of drug-likeness (QED) is 0.496. The van der Waals surface area contributed by atoms with Gasteiger partial charge in [-0.05, 0) is 11.1 Å². The summed E-state index contributed by atoms with van der Waals surface area (Å²) in [5, 5.41) is 16.7. The van der Waals surface area contributed by atoms with Gasteiger partial charge in [0.2, 0.25) is 0 Å². The summed E-state index contributed by atoms with van der Waals surface area (Å²) in [7, 11) is 0. The molecule has 0 unspecified atom stereocenters. The second kappa shape index (κ2) is 7.78. The van der Waals surface area contributed by atoms with Crippen molar-refractivity contribution in [3.8, 4) is 0 Å². The van der Waals surface area contributed by atoms with Crippen LogP contribution in [0.5, 0.6) is 0 Å². The van der Waals surface area contributed by atoms with Crippen LogP contribution in [0.2, 0.25) is 0 Å². The van der Waals surface area contributed by atoms with E-state index in [-0.39, 0.29) is 6.03 Å². The van der Waals surface area contributed by atoms with Gasteiger partial charge in [0, 0.05) is 13.1 Å². The predicted octanol–water partition coefficient (Wildman–Crippen LogP) is 2.41. The van der Waals surface area contributed by atoms with Crippen molar-refractivity contribution in [2.24, 2.45) is 0 Å². The van der Waals surface area contributed by atoms with Gasteiger partial charge in [-0.15, -0.1) is 10.2 Å². The van der Waals surface area contributed by atoms with Crippen LogP contribution in [0.25, 0.3) is 0 Å². The van der Waals surface area contributed by atoms with Gasteiger partial charge in [-0.2, -0.15) is 0 Å². The Kier molecular flexibility index (Phi) is 4.68. The number of aromatic nitrogens is 6. The maximum atomic E-state index is 12.9. The first-order valence-electron chi connectivity index (χ1n) is 9.73. The van der Waals surface area contributed by atoms with Gasteiger partial charge in [0.25, 0.3) is 0 Å². The highest BCUT2D eigenvalue weighted by Crippen LogP contribution is 2.22. The van der Waals surface area contributed by atoms with Crippen LogP contribution in [-0.2, 0) is 13.1 Å². The molecule has 2 amide bonds. The fourth-order valence-electron chi connectivity index (χ4n) is 3.48. The van der Waals surface area contributed by atoms with Crippen molar-refractivity contribution >= 4 is 17.7 Å². The number of hydrogen-bond donors (Lipinski definition) is 0. The fourth-order valence-corrected chi connectivity index (χ4v) is 3.48. The molecule has 1 aliphatic rings. The van der Waals surface area contributed by atoms with Crippen LogP contribution in [0.1, 0.15) is 11.1 Å². The number of amides is 2. The number of benzene rings is 2. The topological polar surface area (TPSA) is 85.0 Å². The molecule has 0 spiro atoms. The number of carbonyl (C=O) groups excluding carboxylic acids is 1. The second-order valence-corrected chi connectivity index (χ2v) is 7.11. The Bertz CT molecular complexity index is 1050. The van der Waals surface area contributed by atoms with Crippen molar-refractivity contribution in [3.05, 3.63) is 84.2 Å². The van der Waals surface area contributed by atoms with E-state index in [1.54, 1.807) is 31.6 Å². The van der Waals surface area contributed by atoms with Crippen LogP contribution in [0.4, 0.5) is 16.4 Å². The first-order valence-corrected chi connectivity index (χ1v) is 9.73. The van der Waals surface area contributed by atoms with Crippen LogP contribution in [0.3, 0.4) is 0 Å². The molecule has 2 aromatic carbocycles. The minimum absolute atomic E-state index is 0.173. The Morgan fingerprint density at radius 1 is 0.667 bits per heavy atom. The van der Waals surface area contributed by atoms with Gasteiger partial charge < -0.3 is 0 Å². The van der Waals surface area contributed by atoms with Crippen LogP contribution < -0.4 is 9.80 Å². The Hall–Kier alpha value is -4.01. The number of anilines is 2. The van der Waals surface area contributed by atoms with Crippen LogP contribution in [-0.4, -0.2) is 49.1 Å². The zero-order chi connectivity index (χ0) is 20.3. The SMILES string of the molecule is O=C1N(c2cn(Cc3ccccc3)nn2)CCN1c1cn(Cc2ccccc2)nn1. The van der Waals surface area contributed by atoms with Crippen molar-refractivity contribution in [2.75, 3.05) is 22.9 Å². The van der Waals surface area contributed by atoms with Crippen molar-refractivity contribution in [1.29, 1.82) is 0 Å². The number of rotatable bonds is 6. The maximum Gasteiger partial charge on any atom is 0.331 e. The summed E-state index contributed by atoms with van der Waals surface area (Å²) in [4.78, 5) is 16.2. The fraction of sp³-hybridized carbons (Fsp3) is 0.190. The van der Waals surface area contributed by atoms with Crippen molar-refractivity contribution in [1.82, 2.24) is 30.0 Å². The van der Waals surface area contributed by atoms with Gasteiger partial charge >= 0.3 is 6.03 Å². The molecule has 0 saturated carbocycles. The highest BCUT2D eigenvalue weighted by Gasteiger charge is 2.33. The van der Waals surface area contributed by atoms with Gasteiger partial charge in [0.05, 0.1) is 25.5 Å². The van der Waals surface area contributed by atoms with Crippen LogP contribution in [0.15, 0.2) is 73.1 Å². The van der Waals surface area contributed by atoms with E-state index in [9.17, 15) is 4.79 Å². The molecule has 9 nitrogen and oxygen atoms in total. The minimum atomic E-state index is -0.173. The lowest BCUT2D eigenvalue weighted by Gasteiger charge is -2.13. The molecule has 9 heteroatoms. The maximum absolute atomic E-state index is 12.9. The third-order valence-corrected chi connectivity index (χ3v) is 4.99. The second-order valence-electron chi connectivity index (χ2n) is 7.11. The molecule has 4 aromatic rings. The van der Waals surface area contributed by atoms with E-state index in [0.717, 1.165) is 11.1 Å². The standard InChI is InChI=1S/C21H20N8O/c30-21-28(19-15-26(24-22-19)13-17-7-3-1-4-8-17)11-12-29(21)20-16-27(25-23-20)14-18-9-5-2-6-10-18/h1-10,15-16H,11-14H2. The van der Waals surface area contributed by atoms with E-state index in [0.29, 0.717) is 37.8 Å². The molecular weight excluding hydrogens is 380 g/mol. The van der Waals surface area contributed by atoms with Gasteiger partial charge in [0.15, 0.2) is 11.6 Å². The van der Waals surface area contributed by atoms with E-state index in [4.69, 9.17) is 0 Å². The monoisotopic (exact) mass is 400 g/mol. The molecule has 1 saturated heterocycles. The summed E-state index contributed by atoms with van der Waals surface area (Å²) in [6, 6.07) is 19.8. The van der Waals surface area contributed by atoms with E-state index in [1.165, 1.54) is 0 Å². The smallest absolute Gasteiger partial charge is 0.273 e. The van der Waals surface area contributed by atoms with E-state index in [2.05, 4.69) is 20.6 Å². The first-order chi connectivity index (χ1) is 14.8. The summed E-state index contributed by atoms with van der Waals surface area (Å²) < 4.78 is 3.47. The molecule has 0 bridgehead atoms. The molecule has 1 aliphatic heterocycles. The molecule has 2 aromatic heterocycles. The molecule has 150 valence electrons. The lowest BCUT2D eigenvalue weighted by Crippen LogP contribution is -2.32. The highest BCUT2D eigenvalue weighted by molar-refractivity contribution is 6.04. The molecule has 0 atom stereocenters. The van der Waals surface area contributed by atoms with E-state index >= 15 is 0 Å². The first kappa shape index (κ1) is 18.0. The molecular formula is C21H20N8O. The molecule has 1 fully saturated rings. The van der Waals surface area contributed by atoms with Gasteiger partial charge in [-0.3, -0.25) is 9.80 Å². The van der Waals surface area contributed by atoms with Gasteiger partial charge in [-0.25, -0.2) is 14.2 Å². The molecule has 30 heavy (non-hydrogen) atoms. The minimum Gasteiger partial charge on any atom is -0.273 e. The molecule has 5 rings (SSSR count). The van der Waals surface area contributed by atoms with E-state index in [1.807, 2.05) is 60.7 Å². The van der Waals surface area contributed by atoms with Crippen LogP contribution >= 0.6 is 0 Å². The number of urea groups is 1. The highest BCUT2D eigenvalue weighted by atomic mass is 16.2. The number of carbonyl (C=O) groups is 1. The lowest BCUT2D eigenvalue weighted by molar-refractivity contribution is 0.255. The Morgan fingerprint density at radius 3 is 1.53 bits per heavy atom. The molecule has 0 radical (unpaired) electrons. The van der Waals surface area contributed by atoms with E-state index < -0.39 is 0 Å². The summed E-state index contributed by atoms with van der Waals surface area (Å²) >= 11 is 0. The summed E-state index contributed by atoms with van der Waals surface area (Å²) in [5.74, 6) is 1.07. The average Bonchev–Trinajstić information content (AvgIpc) is 3.50. The average molecular weight is 400 g/mol. The van der Waals surface area contributed by atoms with Crippen molar-refractivity contribution in [2.45, 2.75) is 13.1 Å². The third kappa shape index (κ3) is 3.64. The summed E-state index contributed by atoms with van der Waals surface area (Å²) in [6.07, 6.45) is 3.58. The Morgan fingerprint density at radius 2 is 1.10 bits per heavy atom. The molecule has 0 aliphatic carbocycles. The molecule has 3 heterocycles. The zero-order valence-corrected chi connectivity index (χ0v) is 16.2. The van der Waals surface area contributed by atoms with Crippen molar-refractivity contribution in [3.63, 3.8) is 0 Å². The summed E-state index contributed by atoms with van der Waals surface area (Å²) in [5.41, 5.74) is 2.25. The van der Waals surface area contributed by atoms with Crippen molar-refractivity contribution < 1.29 is 4.79 Å². The summed E-state index contributed by atoms with van der Waals surface area (Å²) in [6.45, 7) is 2.25. The largest absolute Gasteiger partial charge is 0.331 e. The predicted molar refractivity (Wildman–Crippen MR) is 111 cm³/mol. The third-order valence-electron chi connectivity index (χ3n) is 4.99. The Balaban J connectivity index is 1.27. The normalized spacial score (nSPS) is 13.9. The molecule has 0 N–H and O–H groups in total. The lowest BCUT2D eigenvalue weighted by atomic mass is 10.2. The zero-order valence-electron chi connectivity index (χ0n) is 16.2. The number of hydrogen-bond acceptors (Lipinski definition) is 5. The Labute approximate surface area is 173 Å². The van der Waals surface area contributed by atoms with Gasteiger partial charge in [-0.1, -0.05) is 71.1 Å². The number of nitrogens with zero attached hydrogens (tertiary/aromatic N) is 8. The van der Waals surface area contributed by atoms with Gasteiger partial charge in [0.1, 0.15) is 0 Å².